The first-order valence-corrected chi connectivity index (χ1v) is 12.1. The number of ether oxygens (including phenoxy) is 3. The Morgan fingerprint density at radius 3 is 2.46 bits per heavy atom. The van der Waals surface area contributed by atoms with Crippen molar-refractivity contribution in [3.8, 4) is 11.5 Å². The predicted molar refractivity (Wildman–Crippen MR) is 142 cm³/mol. The molecule has 0 atom stereocenters. The van der Waals surface area contributed by atoms with Crippen molar-refractivity contribution in [3.63, 3.8) is 0 Å². The fraction of sp³-hybridized carbons (Fsp3) is 0.148. The molecule has 178 valence electrons. The number of anilines is 1. The minimum absolute atomic E-state index is 0.229. The van der Waals surface area contributed by atoms with Crippen molar-refractivity contribution in [1.82, 2.24) is 0 Å². The maximum Gasteiger partial charge on any atom is 0.338 e. The van der Waals surface area contributed by atoms with Crippen LogP contribution in [0.3, 0.4) is 0 Å². The third-order valence-corrected chi connectivity index (χ3v) is 6.46. The first kappa shape index (κ1) is 24.5. The topological polar surface area (TPSA) is 65.1 Å². The van der Waals surface area contributed by atoms with Gasteiger partial charge in [0.2, 0.25) is 0 Å². The number of esters is 1. The number of thioether (sulfide) groups is 1. The van der Waals surface area contributed by atoms with Crippen LogP contribution in [0, 0.1) is 0 Å². The van der Waals surface area contributed by atoms with Crippen LogP contribution in [-0.4, -0.2) is 29.9 Å². The van der Waals surface area contributed by atoms with Gasteiger partial charge < -0.3 is 14.2 Å². The van der Waals surface area contributed by atoms with Crippen molar-refractivity contribution in [2.24, 2.45) is 0 Å². The fourth-order valence-corrected chi connectivity index (χ4v) is 4.73. The summed E-state index contributed by atoms with van der Waals surface area (Å²) < 4.78 is 16.8. The number of hydrogen-bond donors (Lipinski definition) is 0. The van der Waals surface area contributed by atoms with E-state index in [0.717, 1.165) is 11.1 Å². The molecular formula is C27H23NO5S2. The second-order valence-electron chi connectivity index (χ2n) is 7.47. The molecule has 8 heteroatoms. The molecule has 4 rings (SSSR count). The third kappa shape index (κ3) is 5.72. The second-order valence-corrected chi connectivity index (χ2v) is 9.14. The summed E-state index contributed by atoms with van der Waals surface area (Å²) >= 11 is 6.68. The van der Waals surface area contributed by atoms with E-state index in [1.165, 1.54) is 16.7 Å². The summed E-state index contributed by atoms with van der Waals surface area (Å²) in [4.78, 5) is 27.0. The molecule has 1 saturated heterocycles. The molecule has 1 aliphatic rings. The van der Waals surface area contributed by atoms with Crippen LogP contribution in [0.2, 0.25) is 0 Å². The number of amides is 1. The lowest BCUT2D eigenvalue weighted by Crippen LogP contribution is -2.27. The molecule has 1 aliphatic heterocycles. The first-order chi connectivity index (χ1) is 17.0. The number of methoxy groups -OCH3 is 1. The number of nitrogens with zero attached hydrogens (tertiary/aromatic N) is 1. The van der Waals surface area contributed by atoms with Gasteiger partial charge in [0.1, 0.15) is 6.61 Å². The number of carbonyl (C=O) groups excluding carboxylic acids is 2. The van der Waals surface area contributed by atoms with Gasteiger partial charge in [-0.1, -0.05) is 60.4 Å². The Bertz CT molecular complexity index is 1270. The highest BCUT2D eigenvalue weighted by atomic mass is 32.2. The highest BCUT2D eigenvalue weighted by molar-refractivity contribution is 8.27. The van der Waals surface area contributed by atoms with Gasteiger partial charge in [-0.2, -0.15) is 0 Å². The first-order valence-electron chi connectivity index (χ1n) is 10.9. The van der Waals surface area contributed by atoms with Gasteiger partial charge in [0, 0.05) is 0 Å². The van der Waals surface area contributed by atoms with Gasteiger partial charge in [-0.05, 0) is 60.5 Å². The summed E-state index contributed by atoms with van der Waals surface area (Å²) in [6, 6.07) is 22.0. The minimum atomic E-state index is -0.408. The monoisotopic (exact) mass is 505 g/mol. The van der Waals surface area contributed by atoms with Gasteiger partial charge in [0.05, 0.1) is 29.9 Å². The fourth-order valence-electron chi connectivity index (χ4n) is 3.43. The van der Waals surface area contributed by atoms with E-state index in [9.17, 15) is 9.59 Å². The summed E-state index contributed by atoms with van der Waals surface area (Å²) in [7, 11) is 1.58. The van der Waals surface area contributed by atoms with E-state index in [2.05, 4.69) is 0 Å². The van der Waals surface area contributed by atoms with E-state index in [-0.39, 0.29) is 5.91 Å². The Morgan fingerprint density at radius 2 is 1.77 bits per heavy atom. The van der Waals surface area contributed by atoms with E-state index in [1.807, 2.05) is 48.5 Å². The molecule has 0 N–H and O–H groups in total. The molecule has 0 unspecified atom stereocenters. The van der Waals surface area contributed by atoms with Gasteiger partial charge in [0.15, 0.2) is 15.8 Å². The quantitative estimate of drug-likeness (QED) is 0.216. The largest absolute Gasteiger partial charge is 0.493 e. The van der Waals surface area contributed by atoms with Crippen LogP contribution >= 0.6 is 24.0 Å². The predicted octanol–water partition coefficient (Wildman–Crippen LogP) is 5.86. The standard InChI is InChI=1S/C27H23NO5S2/c1-3-32-26(30)20-10-12-21(13-11-20)28-25(29)24(35-27(28)34)16-19-9-14-22(23(15-19)31-2)33-17-18-7-5-4-6-8-18/h4-16H,3,17H2,1-2H3/b24-16-. The Morgan fingerprint density at radius 1 is 1.03 bits per heavy atom. The molecule has 0 spiro atoms. The average Bonchev–Trinajstić information content (AvgIpc) is 3.16. The number of carbonyl (C=O) groups is 2. The molecule has 0 aliphatic carbocycles. The Labute approximate surface area is 213 Å². The molecule has 1 heterocycles. The maximum absolute atomic E-state index is 13.1. The van der Waals surface area contributed by atoms with Crippen molar-refractivity contribution < 1.29 is 23.8 Å². The molecule has 0 bridgehead atoms. The number of rotatable bonds is 8. The SMILES string of the molecule is CCOC(=O)c1ccc(N2C(=O)/C(=C/c3ccc(OCc4ccccc4)c(OC)c3)SC2=S)cc1. The normalized spacial score (nSPS) is 14.3. The number of thiocarbonyl (C=S) groups is 1. The molecule has 3 aromatic carbocycles. The average molecular weight is 506 g/mol. The van der Waals surface area contributed by atoms with Crippen molar-refractivity contribution >= 4 is 51.9 Å². The van der Waals surface area contributed by atoms with Crippen LogP contribution in [0.1, 0.15) is 28.4 Å². The second kappa shape index (κ2) is 11.2. The van der Waals surface area contributed by atoms with E-state index in [0.29, 0.717) is 45.2 Å². The number of hydrogen-bond acceptors (Lipinski definition) is 7. The lowest BCUT2D eigenvalue weighted by Gasteiger charge is -2.14. The molecule has 6 nitrogen and oxygen atoms in total. The third-order valence-electron chi connectivity index (χ3n) is 5.15. The van der Waals surface area contributed by atoms with E-state index in [4.69, 9.17) is 26.4 Å². The Balaban J connectivity index is 1.50. The molecule has 3 aromatic rings. The van der Waals surface area contributed by atoms with Crippen LogP contribution < -0.4 is 14.4 Å². The van der Waals surface area contributed by atoms with Crippen LogP contribution in [0.15, 0.2) is 77.7 Å². The summed E-state index contributed by atoms with van der Waals surface area (Å²) in [6.45, 7) is 2.47. The van der Waals surface area contributed by atoms with Gasteiger partial charge in [0.25, 0.3) is 5.91 Å². The zero-order chi connectivity index (χ0) is 24.8. The van der Waals surface area contributed by atoms with Gasteiger partial charge >= 0.3 is 5.97 Å². The van der Waals surface area contributed by atoms with Crippen LogP contribution in [-0.2, 0) is 16.1 Å². The van der Waals surface area contributed by atoms with Gasteiger partial charge in [-0.3, -0.25) is 9.69 Å². The zero-order valence-corrected chi connectivity index (χ0v) is 20.9. The summed E-state index contributed by atoms with van der Waals surface area (Å²) in [5.74, 6) is 0.546. The summed E-state index contributed by atoms with van der Waals surface area (Å²) in [5, 5.41) is 0. The molecule has 35 heavy (non-hydrogen) atoms. The molecule has 1 fully saturated rings. The number of benzene rings is 3. The van der Waals surface area contributed by atoms with Crippen molar-refractivity contribution in [1.29, 1.82) is 0 Å². The highest BCUT2D eigenvalue weighted by Gasteiger charge is 2.33. The highest BCUT2D eigenvalue weighted by Crippen LogP contribution is 2.37. The summed E-state index contributed by atoms with van der Waals surface area (Å²) in [6.07, 6.45) is 1.77. The van der Waals surface area contributed by atoms with Crippen LogP contribution in [0.4, 0.5) is 5.69 Å². The van der Waals surface area contributed by atoms with E-state index < -0.39 is 5.97 Å². The zero-order valence-electron chi connectivity index (χ0n) is 19.2. The van der Waals surface area contributed by atoms with E-state index in [1.54, 1.807) is 44.4 Å². The van der Waals surface area contributed by atoms with E-state index >= 15 is 0 Å². The smallest absolute Gasteiger partial charge is 0.338 e. The molecule has 0 saturated carbocycles. The van der Waals surface area contributed by atoms with Crippen molar-refractivity contribution in [2.45, 2.75) is 13.5 Å². The Kier molecular flexibility index (Phi) is 7.84. The van der Waals surface area contributed by atoms with Crippen LogP contribution in [0.5, 0.6) is 11.5 Å². The van der Waals surface area contributed by atoms with Crippen molar-refractivity contribution in [3.05, 3.63) is 94.4 Å². The Hall–Kier alpha value is -3.62. The van der Waals surface area contributed by atoms with Gasteiger partial charge in [-0.15, -0.1) is 0 Å². The lowest BCUT2D eigenvalue weighted by molar-refractivity contribution is -0.113. The lowest BCUT2D eigenvalue weighted by atomic mass is 10.1. The summed E-state index contributed by atoms with van der Waals surface area (Å²) in [5.41, 5.74) is 2.84. The van der Waals surface area contributed by atoms with Crippen molar-refractivity contribution in [2.75, 3.05) is 18.6 Å². The van der Waals surface area contributed by atoms with Gasteiger partial charge in [-0.25, -0.2) is 4.79 Å². The molecule has 1 amide bonds. The molecule has 0 aromatic heterocycles. The van der Waals surface area contributed by atoms with Crippen LogP contribution in [0.25, 0.3) is 6.08 Å². The molecule has 0 radical (unpaired) electrons. The minimum Gasteiger partial charge on any atom is -0.493 e. The maximum atomic E-state index is 13.1. The molecular weight excluding hydrogens is 482 g/mol.